The fraction of sp³-hybridized carbons (Fsp3) is 0.381. The van der Waals surface area contributed by atoms with E-state index in [4.69, 9.17) is 4.74 Å². The Labute approximate surface area is 175 Å². The quantitative estimate of drug-likeness (QED) is 0.576. The van der Waals surface area contributed by atoms with E-state index in [2.05, 4.69) is 5.32 Å². The second-order valence-corrected chi connectivity index (χ2v) is 8.66. The lowest BCUT2D eigenvalue weighted by atomic mass is 10.1. The first-order chi connectivity index (χ1) is 14.1. The third kappa shape index (κ3) is 6.41. The van der Waals surface area contributed by atoms with Gasteiger partial charge in [-0.2, -0.15) is 0 Å². The van der Waals surface area contributed by atoms with Gasteiger partial charge in [0.25, 0.3) is 0 Å². The Morgan fingerprint density at radius 2 is 1.80 bits per heavy atom. The number of amides is 1. The maximum Gasteiger partial charge on any atom is 0.243 e. The van der Waals surface area contributed by atoms with Crippen LogP contribution in [0.3, 0.4) is 0 Å². The van der Waals surface area contributed by atoms with E-state index in [-0.39, 0.29) is 5.69 Å². The predicted molar refractivity (Wildman–Crippen MR) is 112 cm³/mol. The first kappa shape index (κ1) is 23.6. The minimum Gasteiger partial charge on any atom is -0.494 e. The molecule has 9 heteroatoms. The maximum atomic E-state index is 13.6. The molecule has 0 bridgehead atoms. The van der Waals surface area contributed by atoms with Crippen LogP contribution < -0.4 is 14.4 Å². The molecule has 1 atom stereocenters. The summed E-state index contributed by atoms with van der Waals surface area (Å²) in [5.41, 5.74) is 0.966. The average molecular weight is 441 g/mol. The topological polar surface area (TPSA) is 75.7 Å². The summed E-state index contributed by atoms with van der Waals surface area (Å²) < 4.78 is 57.3. The maximum absolute atomic E-state index is 13.6. The van der Waals surface area contributed by atoms with Crippen LogP contribution in [0.4, 0.5) is 14.5 Å². The highest BCUT2D eigenvalue weighted by Gasteiger charge is 2.29. The molecule has 2 rings (SSSR count). The second kappa shape index (κ2) is 10.4. The normalized spacial score (nSPS) is 12.3. The number of rotatable bonds is 10. The van der Waals surface area contributed by atoms with E-state index in [1.165, 1.54) is 6.92 Å². The van der Waals surface area contributed by atoms with Crippen molar-refractivity contribution in [2.75, 3.05) is 23.7 Å². The van der Waals surface area contributed by atoms with Crippen molar-refractivity contribution in [1.29, 1.82) is 0 Å². The molecule has 2 aromatic carbocycles. The standard InChI is InChI=1S/C21H26F2N2O4S/c1-4-29-18-10-7-16(8-11-18)6-5-13-24-21(26)15(2)25(30(3,27)28)17-9-12-19(22)20(23)14-17/h7-12,14-15H,4-6,13H2,1-3H3,(H,24,26)/t15-/m1/s1. The Hall–Kier alpha value is -2.68. The van der Waals surface area contributed by atoms with Crippen LogP contribution in [-0.2, 0) is 21.2 Å². The Morgan fingerprint density at radius 3 is 2.37 bits per heavy atom. The van der Waals surface area contributed by atoms with Crippen molar-refractivity contribution in [3.63, 3.8) is 0 Å². The van der Waals surface area contributed by atoms with Gasteiger partial charge in [-0.05, 0) is 56.5 Å². The van der Waals surface area contributed by atoms with Crippen LogP contribution in [0.25, 0.3) is 0 Å². The molecule has 0 aliphatic rings. The molecule has 1 N–H and O–H groups in total. The van der Waals surface area contributed by atoms with Crippen LogP contribution in [0.5, 0.6) is 5.75 Å². The number of anilines is 1. The van der Waals surface area contributed by atoms with Gasteiger partial charge in [-0.1, -0.05) is 12.1 Å². The highest BCUT2D eigenvalue weighted by molar-refractivity contribution is 7.92. The summed E-state index contributed by atoms with van der Waals surface area (Å²) in [5, 5.41) is 2.70. The van der Waals surface area contributed by atoms with E-state index >= 15 is 0 Å². The molecule has 1 amide bonds. The first-order valence-electron chi connectivity index (χ1n) is 9.57. The molecule has 0 saturated heterocycles. The lowest BCUT2D eigenvalue weighted by Crippen LogP contribution is -2.48. The number of carbonyl (C=O) groups excluding carboxylic acids is 1. The van der Waals surface area contributed by atoms with Gasteiger partial charge < -0.3 is 10.1 Å². The number of hydrogen-bond acceptors (Lipinski definition) is 4. The minimum atomic E-state index is -3.90. The van der Waals surface area contributed by atoms with Crippen molar-refractivity contribution in [2.45, 2.75) is 32.7 Å². The van der Waals surface area contributed by atoms with E-state index in [9.17, 15) is 22.0 Å². The Kier molecular flexibility index (Phi) is 8.16. The van der Waals surface area contributed by atoms with Gasteiger partial charge in [-0.15, -0.1) is 0 Å². The molecule has 0 fully saturated rings. The molecular weight excluding hydrogens is 414 g/mol. The number of sulfonamides is 1. The van der Waals surface area contributed by atoms with Gasteiger partial charge >= 0.3 is 0 Å². The molecule has 0 radical (unpaired) electrons. The highest BCUT2D eigenvalue weighted by atomic mass is 32.2. The highest BCUT2D eigenvalue weighted by Crippen LogP contribution is 2.23. The van der Waals surface area contributed by atoms with Crippen molar-refractivity contribution in [3.05, 3.63) is 59.7 Å². The van der Waals surface area contributed by atoms with E-state index in [1.54, 1.807) is 0 Å². The van der Waals surface area contributed by atoms with Crippen LogP contribution >= 0.6 is 0 Å². The van der Waals surface area contributed by atoms with E-state index in [0.29, 0.717) is 19.6 Å². The molecule has 0 unspecified atom stereocenters. The van der Waals surface area contributed by atoms with Gasteiger partial charge in [0, 0.05) is 12.6 Å². The molecule has 30 heavy (non-hydrogen) atoms. The zero-order chi connectivity index (χ0) is 22.3. The number of nitrogens with one attached hydrogen (secondary N) is 1. The second-order valence-electron chi connectivity index (χ2n) is 6.80. The number of hydrogen-bond donors (Lipinski definition) is 1. The van der Waals surface area contributed by atoms with Gasteiger partial charge in [-0.3, -0.25) is 9.10 Å². The number of halogens is 2. The summed E-state index contributed by atoms with van der Waals surface area (Å²) in [5.74, 6) is -2.03. The van der Waals surface area contributed by atoms with Gasteiger partial charge in [0.2, 0.25) is 15.9 Å². The SMILES string of the molecule is CCOc1ccc(CCCNC(=O)[C@@H](C)N(c2ccc(F)c(F)c2)S(C)(=O)=O)cc1. The van der Waals surface area contributed by atoms with E-state index in [0.717, 1.165) is 46.5 Å². The summed E-state index contributed by atoms with van der Waals surface area (Å²) in [6.45, 7) is 4.24. The van der Waals surface area contributed by atoms with Gasteiger partial charge in [-0.25, -0.2) is 17.2 Å². The van der Waals surface area contributed by atoms with Crippen LogP contribution in [0, 0.1) is 11.6 Å². The summed E-state index contributed by atoms with van der Waals surface area (Å²) >= 11 is 0. The van der Waals surface area contributed by atoms with Crippen LogP contribution in [-0.4, -0.2) is 39.8 Å². The smallest absolute Gasteiger partial charge is 0.243 e. The van der Waals surface area contributed by atoms with Gasteiger partial charge in [0.15, 0.2) is 11.6 Å². The molecule has 0 heterocycles. The molecule has 0 aliphatic carbocycles. The molecule has 0 spiro atoms. The molecule has 0 saturated carbocycles. The minimum absolute atomic E-state index is 0.117. The fourth-order valence-electron chi connectivity index (χ4n) is 3.00. The molecule has 164 valence electrons. The third-order valence-corrected chi connectivity index (χ3v) is 5.66. The fourth-order valence-corrected chi connectivity index (χ4v) is 4.17. The molecule has 0 aliphatic heterocycles. The average Bonchev–Trinajstić information content (AvgIpc) is 2.68. The Bertz CT molecular complexity index is 965. The summed E-state index contributed by atoms with van der Waals surface area (Å²) in [7, 11) is -3.90. The van der Waals surface area contributed by atoms with Crippen molar-refractivity contribution in [3.8, 4) is 5.75 Å². The van der Waals surface area contributed by atoms with Gasteiger partial charge in [0.05, 0.1) is 18.6 Å². The van der Waals surface area contributed by atoms with Crippen LogP contribution in [0.15, 0.2) is 42.5 Å². The zero-order valence-corrected chi connectivity index (χ0v) is 18.0. The summed E-state index contributed by atoms with van der Waals surface area (Å²) in [6, 6.07) is 9.23. The largest absolute Gasteiger partial charge is 0.494 e. The lowest BCUT2D eigenvalue weighted by Gasteiger charge is -2.28. The van der Waals surface area contributed by atoms with Crippen molar-refractivity contribution < 1.29 is 26.7 Å². The Morgan fingerprint density at radius 1 is 1.13 bits per heavy atom. The molecule has 6 nitrogen and oxygen atoms in total. The zero-order valence-electron chi connectivity index (χ0n) is 17.2. The molecule has 0 aromatic heterocycles. The van der Waals surface area contributed by atoms with Crippen molar-refractivity contribution >= 4 is 21.6 Å². The van der Waals surface area contributed by atoms with Gasteiger partial charge in [0.1, 0.15) is 11.8 Å². The van der Waals surface area contributed by atoms with Crippen molar-refractivity contribution in [2.24, 2.45) is 0 Å². The van der Waals surface area contributed by atoms with Crippen LogP contribution in [0.2, 0.25) is 0 Å². The molecular formula is C21H26F2N2O4S. The predicted octanol–water partition coefficient (Wildman–Crippen LogP) is 3.27. The third-order valence-electron chi connectivity index (χ3n) is 4.42. The summed E-state index contributed by atoms with van der Waals surface area (Å²) in [4.78, 5) is 12.5. The number of nitrogens with zero attached hydrogens (tertiary/aromatic N) is 1. The molecule has 2 aromatic rings. The first-order valence-corrected chi connectivity index (χ1v) is 11.4. The lowest BCUT2D eigenvalue weighted by molar-refractivity contribution is -0.121. The van der Waals surface area contributed by atoms with E-state index < -0.39 is 33.6 Å². The number of aryl methyl sites for hydroxylation is 1. The number of benzene rings is 2. The summed E-state index contributed by atoms with van der Waals surface area (Å²) in [6.07, 6.45) is 2.28. The van der Waals surface area contributed by atoms with E-state index in [1.807, 2.05) is 31.2 Å². The van der Waals surface area contributed by atoms with Crippen LogP contribution in [0.1, 0.15) is 25.8 Å². The monoisotopic (exact) mass is 440 g/mol. The Balaban J connectivity index is 1.96. The van der Waals surface area contributed by atoms with Crippen molar-refractivity contribution in [1.82, 2.24) is 5.32 Å². The number of ether oxygens (including phenoxy) is 1. The number of carbonyl (C=O) groups is 1.